The topological polar surface area (TPSA) is 38.5 Å². The van der Waals surface area contributed by atoms with Gasteiger partial charge in [-0.1, -0.05) is 45.0 Å². The zero-order valence-corrected chi connectivity index (χ0v) is 13.6. The molecule has 0 amide bonds. The van der Waals surface area contributed by atoms with E-state index in [1.165, 1.54) is 11.1 Å². The standard InChI is InChI=1S/C17H30N2O/c1-6-20-12-11-19(5)16(13-18)14-7-9-15(10-8-14)17(2,3)4/h7-10,16H,6,11-13,18H2,1-5H3. The lowest BCUT2D eigenvalue weighted by Gasteiger charge is -2.28. The summed E-state index contributed by atoms with van der Waals surface area (Å²) in [5, 5.41) is 0. The van der Waals surface area contributed by atoms with Crippen molar-refractivity contribution in [3.05, 3.63) is 35.4 Å². The van der Waals surface area contributed by atoms with Gasteiger partial charge in [0.1, 0.15) is 0 Å². The fourth-order valence-corrected chi connectivity index (χ4v) is 2.28. The van der Waals surface area contributed by atoms with Crippen molar-refractivity contribution in [2.75, 3.05) is 33.4 Å². The van der Waals surface area contributed by atoms with Gasteiger partial charge in [0.25, 0.3) is 0 Å². The molecular formula is C17H30N2O. The summed E-state index contributed by atoms with van der Waals surface area (Å²) in [6.07, 6.45) is 0. The molecule has 1 aromatic carbocycles. The second kappa shape index (κ2) is 7.77. The summed E-state index contributed by atoms with van der Waals surface area (Å²) in [4.78, 5) is 2.27. The summed E-state index contributed by atoms with van der Waals surface area (Å²) < 4.78 is 5.42. The van der Waals surface area contributed by atoms with Crippen LogP contribution in [-0.4, -0.2) is 38.3 Å². The van der Waals surface area contributed by atoms with Crippen molar-refractivity contribution in [3.63, 3.8) is 0 Å². The van der Waals surface area contributed by atoms with Crippen molar-refractivity contribution in [2.24, 2.45) is 5.73 Å². The monoisotopic (exact) mass is 278 g/mol. The van der Waals surface area contributed by atoms with Gasteiger partial charge in [-0.2, -0.15) is 0 Å². The van der Waals surface area contributed by atoms with Crippen LogP contribution >= 0.6 is 0 Å². The number of nitrogens with two attached hydrogens (primary N) is 1. The lowest BCUT2D eigenvalue weighted by Crippen LogP contribution is -2.33. The van der Waals surface area contributed by atoms with Crippen LogP contribution in [0, 0.1) is 0 Å². The SMILES string of the molecule is CCOCCN(C)C(CN)c1ccc(C(C)(C)C)cc1. The van der Waals surface area contributed by atoms with E-state index in [4.69, 9.17) is 10.5 Å². The van der Waals surface area contributed by atoms with E-state index in [-0.39, 0.29) is 11.5 Å². The number of benzene rings is 1. The minimum absolute atomic E-state index is 0.192. The molecule has 1 atom stereocenters. The van der Waals surface area contributed by atoms with Gasteiger partial charge < -0.3 is 10.5 Å². The Morgan fingerprint density at radius 2 is 1.80 bits per heavy atom. The van der Waals surface area contributed by atoms with Gasteiger partial charge in [-0.15, -0.1) is 0 Å². The summed E-state index contributed by atoms with van der Waals surface area (Å²) in [5.41, 5.74) is 8.78. The number of likely N-dealkylation sites (N-methyl/N-ethyl adjacent to an activating group) is 1. The molecule has 0 bridgehead atoms. The molecule has 0 aliphatic carbocycles. The summed E-state index contributed by atoms with van der Waals surface area (Å²) in [6.45, 7) is 11.8. The van der Waals surface area contributed by atoms with Crippen LogP contribution < -0.4 is 5.73 Å². The fourth-order valence-electron chi connectivity index (χ4n) is 2.28. The lowest BCUT2D eigenvalue weighted by atomic mass is 9.86. The van der Waals surface area contributed by atoms with Gasteiger partial charge >= 0.3 is 0 Å². The molecule has 2 N–H and O–H groups in total. The maximum atomic E-state index is 5.95. The van der Waals surface area contributed by atoms with Crippen LogP contribution in [0.3, 0.4) is 0 Å². The van der Waals surface area contributed by atoms with Gasteiger partial charge in [-0.05, 0) is 30.5 Å². The van der Waals surface area contributed by atoms with Gasteiger partial charge in [-0.25, -0.2) is 0 Å². The van der Waals surface area contributed by atoms with Gasteiger partial charge in [0.2, 0.25) is 0 Å². The molecule has 20 heavy (non-hydrogen) atoms. The Morgan fingerprint density at radius 1 is 1.20 bits per heavy atom. The van der Waals surface area contributed by atoms with Crippen LogP contribution in [0.1, 0.15) is 44.9 Å². The lowest BCUT2D eigenvalue weighted by molar-refractivity contribution is 0.108. The first kappa shape index (κ1) is 17.2. The fraction of sp³-hybridized carbons (Fsp3) is 0.647. The van der Waals surface area contributed by atoms with Crippen molar-refractivity contribution in [1.82, 2.24) is 4.90 Å². The van der Waals surface area contributed by atoms with Crippen molar-refractivity contribution in [2.45, 2.75) is 39.2 Å². The van der Waals surface area contributed by atoms with E-state index in [1.54, 1.807) is 0 Å². The van der Waals surface area contributed by atoms with Crippen LogP contribution in [0.2, 0.25) is 0 Å². The highest BCUT2D eigenvalue weighted by molar-refractivity contribution is 5.29. The zero-order valence-electron chi connectivity index (χ0n) is 13.6. The van der Waals surface area contributed by atoms with E-state index in [0.29, 0.717) is 6.54 Å². The second-order valence-corrected chi connectivity index (χ2v) is 6.30. The molecule has 0 saturated carbocycles. The summed E-state index contributed by atoms with van der Waals surface area (Å²) in [7, 11) is 2.11. The Kier molecular flexibility index (Phi) is 6.66. The zero-order chi connectivity index (χ0) is 15.2. The van der Waals surface area contributed by atoms with Crippen molar-refractivity contribution in [3.8, 4) is 0 Å². The van der Waals surface area contributed by atoms with Crippen molar-refractivity contribution < 1.29 is 4.74 Å². The molecule has 114 valence electrons. The van der Waals surface area contributed by atoms with E-state index in [9.17, 15) is 0 Å². The third kappa shape index (κ3) is 4.89. The molecule has 1 unspecified atom stereocenters. The summed E-state index contributed by atoms with van der Waals surface area (Å²) in [5.74, 6) is 0. The van der Waals surface area contributed by atoms with Gasteiger partial charge in [0, 0.05) is 25.7 Å². The normalized spacial score (nSPS) is 13.8. The Hall–Kier alpha value is -0.900. The number of hydrogen-bond donors (Lipinski definition) is 1. The van der Waals surface area contributed by atoms with Crippen molar-refractivity contribution >= 4 is 0 Å². The summed E-state index contributed by atoms with van der Waals surface area (Å²) in [6, 6.07) is 9.09. The third-order valence-corrected chi connectivity index (χ3v) is 3.71. The Balaban J connectivity index is 2.74. The molecule has 0 aliphatic heterocycles. The maximum absolute atomic E-state index is 5.95. The quantitative estimate of drug-likeness (QED) is 0.779. The predicted octanol–water partition coefficient (Wildman–Crippen LogP) is 2.95. The first-order valence-corrected chi connectivity index (χ1v) is 7.48. The van der Waals surface area contributed by atoms with E-state index >= 15 is 0 Å². The average Bonchev–Trinajstić information content (AvgIpc) is 2.39. The molecule has 0 heterocycles. The highest BCUT2D eigenvalue weighted by Crippen LogP contribution is 2.25. The van der Waals surface area contributed by atoms with Gasteiger partial charge in [0.15, 0.2) is 0 Å². The molecule has 0 aromatic heterocycles. The highest BCUT2D eigenvalue weighted by Gasteiger charge is 2.17. The molecule has 0 radical (unpaired) electrons. The molecular weight excluding hydrogens is 248 g/mol. The van der Waals surface area contributed by atoms with E-state index in [2.05, 4.69) is 57.0 Å². The molecule has 0 saturated heterocycles. The maximum Gasteiger partial charge on any atom is 0.0593 e. The highest BCUT2D eigenvalue weighted by atomic mass is 16.5. The number of nitrogens with zero attached hydrogens (tertiary/aromatic N) is 1. The Bertz CT molecular complexity index is 381. The van der Waals surface area contributed by atoms with E-state index < -0.39 is 0 Å². The summed E-state index contributed by atoms with van der Waals surface area (Å²) >= 11 is 0. The second-order valence-electron chi connectivity index (χ2n) is 6.30. The smallest absolute Gasteiger partial charge is 0.0593 e. The van der Waals surface area contributed by atoms with Crippen LogP contribution in [0.5, 0.6) is 0 Å². The average molecular weight is 278 g/mol. The third-order valence-electron chi connectivity index (χ3n) is 3.71. The molecule has 1 rings (SSSR count). The minimum atomic E-state index is 0.192. The number of rotatable bonds is 7. The number of hydrogen-bond acceptors (Lipinski definition) is 3. The van der Waals surface area contributed by atoms with Crippen LogP contribution in [0.4, 0.5) is 0 Å². The van der Waals surface area contributed by atoms with Gasteiger partial charge in [-0.3, -0.25) is 4.90 Å². The van der Waals surface area contributed by atoms with Crippen LogP contribution in [-0.2, 0) is 10.2 Å². The minimum Gasteiger partial charge on any atom is -0.380 e. The Labute approximate surface area is 124 Å². The molecule has 0 spiro atoms. The molecule has 0 aliphatic rings. The Morgan fingerprint density at radius 3 is 2.25 bits per heavy atom. The molecule has 0 fully saturated rings. The molecule has 3 heteroatoms. The van der Waals surface area contributed by atoms with Gasteiger partial charge in [0.05, 0.1) is 6.61 Å². The van der Waals surface area contributed by atoms with E-state index in [1.807, 2.05) is 6.92 Å². The van der Waals surface area contributed by atoms with Crippen LogP contribution in [0.25, 0.3) is 0 Å². The number of ether oxygens (including phenoxy) is 1. The van der Waals surface area contributed by atoms with E-state index in [0.717, 1.165) is 19.8 Å². The molecule has 1 aromatic rings. The first-order chi connectivity index (χ1) is 9.40. The van der Waals surface area contributed by atoms with Crippen LogP contribution in [0.15, 0.2) is 24.3 Å². The predicted molar refractivity (Wildman–Crippen MR) is 86.1 cm³/mol. The molecule has 3 nitrogen and oxygen atoms in total. The first-order valence-electron chi connectivity index (χ1n) is 7.48. The largest absolute Gasteiger partial charge is 0.380 e. The van der Waals surface area contributed by atoms with Crippen molar-refractivity contribution in [1.29, 1.82) is 0 Å².